The lowest BCUT2D eigenvalue weighted by Gasteiger charge is -2.06. The zero-order valence-corrected chi connectivity index (χ0v) is 11.6. The van der Waals surface area contributed by atoms with E-state index in [2.05, 4.69) is 5.10 Å². The fraction of sp³-hybridized carbons (Fsp3) is 0.333. The molecule has 19 heavy (non-hydrogen) atoms. The molecule has 0 saturated carbocycles. The molecule has 1 aromatic heterocycles. The maximum Gasteiger partial charge on any atom is 0.168 e. The Morgan fingerprint density at radius 1 is 1.32 bits per heavy atom. The van der Waals surface area contributed by atoms with Crippen molar-refractivity contribution in [2.24, 2.45) is 0 Å². The number of aromatic nitrogens is 2. The summed E-state index contributed by atoms with van der Waals surface area (Å²) in [5, 5.41) is 4.35. The van der Waals surface area contributed by atoms with Gasteiger partial charge in [0.05, 0.1) is 12.1 Å². The molecule has 0 spiro atoms. The van der Waals surface area contributed by atoms with Crippen LogP contribution in [0.15, 0.2) is 24.3 Å². The minimum Gasteiger partial charge on any atom is -0.398 e. The lowest BCUT2D eigenvalue weighted by Crippen LogP contribution is -2.10. The Kier molecular flexibility index (Phi) is 3.69. The summed E-state index contributed by atoms with van der Waals surface area (Å²) in [4.78, 5) is 12.3. The van der Waals surface area contributed by atoms with Crippen LogP contribution in [0.1, 0.15) is 34.2 Å². The van der Waals surface area contributed by atoms with Crippen LogP contribution in [0.25, 0.3) is 0 Å². The number of carbonyl (C=O) groups excluding carboxylic acids is 1. The summed E-state index contributed by atoms with van der Waals surface area (Å²) < 4.78 is 1.87. The fourth-order valence-electron chi connectivity index (χ4n) is 2.10. The number of aryl methyl sites for hydroxylation is 3. The van der Waals surface area contributed by atoms with Gasteiger partial charge in [0.2, 0.25) is 0 Å². The first-order chi connectivity index (χ1) is 9.01. The van der Waals surface area contributed by atoms with Crippen LogP contribution in [-0.4, -0.2) is 15.6 Å². The topological polar surface area (TPSA) is 60.9 Å². The van der Waals surface area contributed by atoms with Crippen LogP contribution >= 0.6 is 0 Å². The predicted octanol–water partition coefficient (Wildman–Crippen LogP) is 2.53. The molecule has 0 aliphatic rings. The fourth-order valence-corrected chi connectivity index (χ4v) is 2.10. The number of rotatable bonds is 4. The SMILES string of the molecule is CCn1nc(C)cc1CC(=O)c1ccc(C)c(N)c1. The van der Waals surface area contributed by atoms with Crippen molar-refractivity contribution in [3.63, 3.8) is 0 Å². The summed E-state index contributed by atoms with van der Waals surface area (Å²) >= 11 is 0. The monoisotopic (exact) mass is 257 g/mol. The third-order valence-corrected chi connectivity index (χ3v) is 3.23. The normalized spacial score (nSPS) is 10.7. The second-order valence-electron chi connectivity index (χ2n) is 4.76. The standard InChI is InChI=1S/C15H19N3O/c1-4-18-13(7-11(3)17-18)9-15(19)12-6-5-10(2)14(16)8-12/h5-8H,4,9,16H2,1-3H3. The van der Waals surface area contributed by atoms with E-state index in [1.807, 2.05) is 43.7 Å². The number of carbonyl (C=O) groups is 1. The average Bonchev–Trinajstić information content (AvgIpc) is 2.72. The minimum absolute atomic E-state index is 0.0706. The first kappa shape index (κ1) is 13.3. The molecular weight excluding hydrogens is 238 g/mol. The van der Waals surface area contributed by atoms with E-state index >= 15 is 0 Å². The molecule has 0 aliphatic carbocycles. The van der Waals surface area contributed by atoms with Crippen LogP contribution in [0, 0.1) is 13.8 Å². The molecule has 0 radical (unpaired) electrons. The number of nitrogen functional groups attached to an aromatic ring is 1. The highest BCUT2D eigenvalue weighted by atomic mass is 16.1. The molecule has 0 unspecified atom stereocenters. The lowest BCUT2D eigenvalue weighted by atomic mass is 10.0. The van der Waals surface area contributed by atoms with Gasteiger partial charge in [-0.25, -0.2) is 0 Å². The van der Waals surface area contributed by atoms with Crippen LogP contribution in [0.4, 0.5) is 5.69 Å². The smallest absolute Gasteiger partial charge is 0.168 e. The molecule has 0 saturated heterocycles. The Hall–Kier alpha value is -2.10. The summed E-state index contributed by atoms with van der Waals surface area (Å²) in [6.07, 6.45) is 0.358. The number of benzene rings is 1. The maximum absolute atomic E-state index is 12.3. The first-order valence-electron chi connectivity index (χ1n) is 6.44. The van der Waals surface area contributed by atoms with Crippen molar-refractivity contribution in [2.45, 2.75) is 33.7 Å². The number of hydrogen-bond acceptors (Lipinski definition) is 3. The van der Waals surface area contributed by atoms with E-state index in [1.54, 1.807) is 6.07 Å². The maximum atomic E-state index is 12.3. The molecule has 1 heterocycles. The Bertz CT molecular complexity index is 614. The molecule has 0 fully saturated rings. The summed E-state index contributed by atoms with van der Waals surface area (Å²) in [6, 6.07) is 7.41. The molecule has 2 aromatic rings. The summed E-state index contributed by atoms with van der Waals surface area (Å²) in [6.45, 7) is 6.65. The highest BCUT2D eigenvalue weighted by Crippen LogP contribution is 2.15. The molecule has 0 bridgehead atoms. The zero-order valence-electron chi connectivity index (χ0n) is 11.6. The highest BCUT2D eigenvalue weighted by molar-refractivity contribution is 5.98. The van der Waals surface area contributed by atoms with Crippen molar-refractivity contribution in [3.8, 4) is 0 Å². The number of Topliss-reactive ketones (excluding diaryl/α,β-unsaturated/α-hetero) is 1. The van der Waals surface area contributed by atoms with Gasteiger partial charge in [-0.3, -0.25) is 9.48 Å². The van der Waals surface area contributed by atoms with Crippen LogP contribution in [0.3, 0.4) is 0 Å². The molecule has 1 aromatic carbocycles. The highest BCUT2D eigenvalue weighted by Gasteiger charge is 2.12. The van der Waals surface area contributed by atoms with E-state index in [1.165, 1.54) is 0 Å². The van der Waals surface area contributed by atoms with Gasteiger partial charge in [0, 0.05) is 23.5 Å². The van der Waals surface area contributed by atoms with Gasteiger partial charge in [0.25, 0.3) is 0 Å². The van der Waals surface area contributed by atoms with E-state index in [9.17, 15) is 4.79 Å². The summed E-state index contributed by atoms with van der Waals surface area (Å²) in [5.74, 6) is 0.0706. The van der Waals surface area contributed by atoms with Crippen LogP contribution in [0.5, 0.6) is 0 Å². The van der Waals surface area contributed by atoms with Gasteiger partial charge in [0.15, 0.2) is 5.78 Å². The minimum atomic E-state index is 0.0706. The number of nitrogens with two attached hydrogens (primary N) is 1. The van der Waals surface area contributed by atoms with Gasteiger partial charge in [-0.05, 0) is 38.5 Å². The van der Waals surface area contributed by atoms with Crippen molar-refractivity contribution < 1.29 is 4.79 Å². The molecule has 0 atom stereocenters. The zero-order chi connectivity index (χ0) is 14.0. The van der Waals surface area contributed by atoms with E-state index in [0.29, 0.717) is 17.7 Å². The number of ketones is 1. The van der Waals surface area contributed by atoms with Gasteiger partial charge >= 0.3 is 0 Å². The first-order valence-corrected chi connectivity index (χ1v) is 6.44. The third kappa shape index (κ3) is 2.84. The second kappa shape index (κ2) is 5.26. The van der Waals surface area contributed by atoms with Gasteiger partial charge in [-0.1, -0.05) is 12.1 Å². The summed E-state index contributed by atoms with van der Waals surface area (Å²) in [7, 11) is 0. The third-order valence-electron chi connectivity index (χ3n) is 3.23. The Balaban J connectivity index is 2.22. The van der Waals surface area contributed by atoms with Crippen molar-refractivity contribution in [1.82, 2.24) is 9.78 Å². The second-order valence-corrected chi connectivity index (χ2v) is 4.76. The van der Waals surface area contributed by atoms with Gasteiger partial charge in [0.1, 0.15) is 0 Å². The van der Waals surface area contributed by atoms with Crippen LogP contribution < -0.4 is 5.73 Å². The molecule has 0 aliphatic heterocycles. The Labute approximate surface area is 113 Å². The lowest BCUT2D eigenvalue weighted by molar-refractivity contribution is 0.0990. The van der Waals surface area contributed by atoms with Crippen molar-refractivity contribution >= 4 is 11.5 Å². The van der Waals surface area contributed by atoms with Crippen molar-refractivity contribution in [1.29, 1.82) is 0 Å². The van der Waals surface area contributed by atoms with Gasteiger partial charge in [-0.2, -0.15) is 5.10 Å². The quantitative estimate of drug-likeness (QED) is 0.676. The van der Waals surface area contributed by atoms with E-state index < -0.39 is 0 Å². The molecule has 4 heteroatoms. The number of nitrogens with zero attached hydrogens (tertiary/aromatic N) is 2. The van der Waals surface area contributed by atoms with Crippen molar-refractivity contribution in [3.05, 3.63) is 46.8 Å². The van der Waals surface area contributed by atoms with E-state index in [4.69, 9.17) is 5.73 Å². The van der Waals surface area contributed by atoms with Crippen LogP contribution in [0.2, 0.25) is 0 Å². The van der Waals surface area contributed by atoms with Gasteiger partial charge < -0.3 is 5.73 Å². The Morgan fingerprint density at radius 2 is 2.05 bits per heavy atom. The molecule has 100 valence electrons. The molecular formula is C15H19N3O. The largest absolute Gasteiger partial charge is 0.398 e. The Morgan fingerprint density at radius 3 is 2.68 bits per heavy atom. The molecule has 4 nitrogen and oxygen atoms in total. The van der Waals surface area contributed by atoms with Crippen LogP contribution in [-0.2, 0) is 13.0 Å². The number of anilines is 1. The summed E-state index contributed by atoms with van der Waals surface area (Å²) in [5.41, 5.74) is 10.0. The number of hydrogen-bond donors (Lipinski definition) is 1. The van der Waals surface area contributed by atoms with E-state index in [-0.39, 0.29) is 5.78 Å². The van der Waals surface area contributed by atoms with Gasteiger partial charge in [-0.15, -0.1) is 0 Å². The van der Waals surface area contributed by atoms with E-state index in [0.717, 1.165) is 23.5 Å². The molecule has 0 amide bonds. The molecule has 2 N–H and O–H groups in total. The van der Waals surface area contributed by atoms with Crippen molar-refractivity contribution in [2.75, 3.05) is 5.73 Å². The predicted molar refractivity (Wildman–Crippen MR) is 76.3 cm³/mol. The molecule has 2 rings (SSSR count). The average molecular weight is 257 g/mol.